The van der Waals surface area contributed by atoms with Crippen LogP contribution < -0.4 is 16.8 Å². The highest BCUT2D eigenvalue weighted by molar-refractivity contribution is 5.62. The molecule has 1 unspecified atom stereocenters. The van der Waals surface area contributed by atoms with Gasteiger partial charge in [0.05, 0.1) is 6.20 Å². The van der Waals surface area contributed by atoms with Crippen molar-refractivity contribution in [1.29, 1.82) is 0 Å². The fourth-order valence-corrected chi connectivity index (χ4v) is 2.70. The molecule has 0 saturated heterocycles. The van der Waals surface area contributed by atoms with Crippen LogP contribution in [-0.2, 0) is 5.66 Å². The Morgan fingerprint density at radius 2 is 1.85 bits per heavy atom. The lowest BCUT2D eigenvalue weighted by molar-refractivity contribution is 0.613. The molecule has 5 N–H and O–H groups in total. The monoisotopic (exact) mass is 269 g/mol. The molecular weight excluding hydrogens is 250 g/mol. The van der Waals surface area contributed by atoms with Gasteiger partial charge < -0.3 is 16.8 Å². The minimum atomic E-state index is -0.817. The molecule has 5 nitrogen and oxygen atoms in total. The van der Waals surface area contributed by atoms with E-state index in [0.29, 0.717) is 5.82 Å². The van der Waals surface area contributed by atoms with Gasteiger partial charge in [-0.05, 0) is 43.0 Å². The van der Waals surface area contributed by atoms with Gasteiger partial charge in [0, 0.05) is 12.1 Å². The Morgan fingerprint density at radius 1 is 1.15 bits per heavy atom. The maximum Gasteiger partial charge on any atom is 0.137 e. The van der Waals surface area contributed by atoms with Gasteiger partial charge >= 0.3 is 0 Å². The van der Waals surface area contributed by atoms with Crippen LogP contribution in [0.2, 0.25) is 0 Å². The number of aromatic nitrogens is 2. The molecule has 1 atom stereocenters. The van der Waals surface area contributed by atoms with Crippen molar-refractivity contribution in [2.45, 2.75) is 26.4 Å². The van der Waals surface area contributed by atoms with E-state index in [4.69, 9.17) is 11.5 Å². The molecule has 1 aromatic heterocycles. The third kappa shape index (κ3) is 1.78. The minimum Gasteiger partial charge on any atom is -0.384 e. The summed E-state index contributed by atoms with van der Waals surface area (Å²) < 4.78 is 1.64. The molecule has 20 heavy (non-hydrogen) atoms. The molecule has 0 amide bonds. The zero-order valence-corrected chi connectivity index (χ0v) is 11.9. The Hall–Kier alpha value is -2.27. The molecule has 104 valence electrons. The summed E-state index contributed by atoms with van der Waals surface area (Å²) in [6, 6.07) is 6.13. The normalized spacial score (nSPS) is 21.1. The van der Waals surface area contributed by atoms with Gasteiger partial charge in [-0.3, -0.25) is 0 Å². The molecule has 0 bridgehead atoms. The summed E-state index contributed by atoms with van der Waals surface area (Å²) >= 11 is 0. The highest BCUT2D eigenvalue weighted by atomic mass is 15.4. The van der Waals surface area contributed by atoms with E-state index in [0.717, 1.165) is 16.9 Å². The van der Waals surface area contributed by atoms with Crippen LogP contribution in [0.4, 0.5) is 5.82 Å². The number of anilines is 1. The van der Waals surface area contributed by atoms with Gasteiger partial charge in [-0.2, -0.15) is 5.10 Å². The molecule has 1 aliphatic rings. The number of fused-ring (bicyclic) bond motifs is 1. The van der Waals surface area contributed by atoms with E-state index in [2.05, 4.69) is 43.3 Å². The Labute approximate surface area is 118 Å². The van der Waals surface area contributed by atoms with Crippen LogP contribution in [0.5, 0.6) is 0 Å². The van der Waals surface area contributed by atoms with Gasteiger partial charge in [0.25, 0.3) is 0 Å². The van der Waals surface area contributed by atoms with Gasteiger partial charge in [0.15, 0.2) is 0 Å². The highest BCUT2D eigenvalue weighted by Gasteiger charge is 2.32. The molecule has 5 heteroatoms. The van der Waals surface area contributed by atoms with Crippen molar-refractivity contribution in [1.82, 2.24) is 9.78 Å². The van der Waals surface area contributed by atoms with E-state index in [1.54, 1.807) is 10.9 Å². The van der Waals surface area contributed by atoms with E-state index in [-0.39, 0.29) is 0 Å². The smallest absolute Gasteiger partial charge is 0.137 e. The third-order valence-electron chi connectivity index (χ3n) is 3.88. The van der Waals surface area contributed by atoms with E-state index in [1.807, 2.05) is 12.1 Å². The lowest BCUT2D eigenvalue weighted by atomic mass is 9.90. The molecule has 0 fully saturated rings. The van der Waals surface area contributed by atoms with Crippen molar-refractivity contribution in [3.8, 4) is 0 Å². The van der Waals surface area contributed by atoms with Gasteiger partial charge in [0.2, 0.25) is 0 Å². The van der Waals surface area contributed by atoms with Crippen LogP contribution in [0.3, 0.4) is 0 Å². The van der Waals surface area contributed by atoms with Crippen LogP contribution in [0, 0.1) is 20.8 Å². The van der Waals surface area contributed by atoms with Gasteiger partial charge in [-0.25, -0.2) is 4.68 Å². The van der Waals surface area contributed by atoms with Crippen molar-refractivity contribution in [2.24, 2.45) is 11.5 Å². The van der Waals surface area contributed by atoms with Crippen molar-refractivity contribution in [3.05, 3.63) is 52.7 Å². The second-order valence-corrected chi connectivity index (χ2v) is 5.44. The molecule has 0 spiro atoms. The number of benzene rings is 1. The van der Waals surface area contributed by atoms with Crippen molar-refractivity contribution >= 4 is 11.6 Å². The first-order chi connectivity index (χ1) is 9.40. The van der Waals surface area contributed by atoms with Crippen LogP contribution in [0.1, 0.15) is 22.3 Å². The van der Waals surface area contributed by atoms with E-state index in [9.17, 15) is 0 Å². The Balaban J connectivity index is 2.15. The molecular formula is C15H19N5. The summed E-state index contributed by atoms with van der Waals surface area (Å²) in [5.74, 6) is 1.33. The Kier molecular flexibility index (Phi) is 2.62. The van der Waals surface area contributed by atoms with Crippen LogP contribution in [0.15, 0.2) is 30.5 Å². The van der Waals surface area contributed by atoms with Gasteiger partial charge in [-0.1, -0.05) is 12.1 Å². The summed E-state index contributed by atoms with van der Waals surface area (Å²) in [4.78, 5) is 0. The fourth-order valence-electron chi connectivity index (χ4n) is 2.70. The van der Waals surface area contributed by atoms with Crippen molar-refractivity contribution < 1.29 is 0 Å². The quantitative estimate of drug-likeness (QED) is 0.737. The van der Waals surface area contributed by atoms with Crippen LogP contribution >= 0.6 is 0 Å². The van der Waals surface area contributed by atoms with Crippen LogP contribution in [0.25, 0.3) is 5.82 Å². The number of aryl methyl sites for hydroxylation is 3. The lowest BCUT2D eigenvalue weighted by Crippen LogP contribution is -2.47. The standard InChI is InChI=1S/C15H19N5/c1-9-6-11(3)12(7-10(9)2)15(17)8-13(16)20-14(19-15)4-5-18-20/h4-8,19H,16-17H2,1-3H3. The Bertz CT molecular complexity index is 713. The lowest BCUT2D eigenvalue weighted by Gasteiger charge is -2.34. The first-order valence-electron chi connectivity index (χ1n) is 6.59. The maximum absolute atomic E-state index is 6.56. The first-order valence-corrected chi connectivity index (χ1v) is 6.59. The average molecular weight is 269 g/mol. The van der Waals surface area contributed by atoms with Crippen molar-refractivity contribution in [3.63, 3.8) is 0 Å². The van der Waals surface area contributed by atoms with E-state index < -0.39 is 5.66 Å². The number of hydrogen-bond donors (Lipinski definition) is 3. The third-order valence-corrected chi connectivity index (χ3v) is 3.88. The molecule has 0 aliphatic carbocycles. The van der Waals surface area contributed by atoms with Crippen molar-refractivity contribution in [2.75, 3.05) is 5.32 Å². The Morgan fingerprint density at radius 3 is 2.60 bits per heavy atom. The predicted octanol–water partition coefficient (Wildman–Crippen LogP) is 1.80. The van der Waals surface area contributed by atoms with Crippen LogP contribution in [-0.4, -0.2) is 9.78 Å². The van der Waals surface area contributed by atoms with Gasteiger partial charge in [-0.15, -0.1) is 0 Å². The second kappa shape index (κ2) is 4.11. The molecule has 0 radical (unpaired) electrons. The zero-order chi connectivity index (χ0) is 14.5. The second-order valence-electron chi connectivity index (χ2n) is 5.44. The zero-order valence-electron chi connectivity index (χ0n) is 11.9. The maximum atomic E-state index is 6.56. The average Bonchev–Trinajstić information content (AvgIpc) is 2.81. The topological polar surface area (TPSA) is 81.9 Å². The summed E-state index contributed by atoms with van der Waals surface area (Å²) in [7, 11) is 0. The number of nitrogens with two attached hydrogens (primary N) is 2. The molecule has 2 heterocycles. The van der Waals surface area contributed by atoms with Gasteiger partial charge in [0.1, 0.15) is 17.3 Å². The molecule has 1 aromatic carbocycles. The molecule has 3 rings (SSSR count). The molecule has 0 saturated carbocycles. The number of nitrogens with zero attached hydrogens (tertiary/aromatic N) is 2. The highest BCUT2D eigenvalue weighted by Crippen LogP contribution is 2.32. The predicted molar refractivity (Wildman–Crippen MR) is 80.8 cm³/mol. The SMILES string of the molecule is Cc1cc(C)c(C2(N)C=C(N)n3nccc3N2)cc1C. The van der Waals surface area contributed by atoms with E-state index >= 15 is 0 Å². The molecule has 1 aliphatic heterocycles. The minimum absolute atomic E-state index is 0.531. The summed E-state index contributed by atoms with van der Waals surface area (Å²) in [5, 5.41) is 7.47. The summed E-state index contributed by atoms with van der Waals surface area (Å²) in [6.07, 6.45) is 3.51. The summed E-state index contributed by atoms with van der Waals surface area (Å²) in [5.41, 5.74) is 16.4. The van der Waals surface area contributed by atoms with E-state index in [1.165, 1.54) is 11.1 Å². The number of nitrogens with one attached hydrogen (secondary N) is 1. The molecule has 2 aromatic rings. The summed E-state index contributed by atoms with van der Waals surface area (Å²) in [6.45, 7) is 6.25. The number of rotatable bonds is 1. The first kappa shape index (κ1) is 12.7. The number of hydrogen-bond acceptors (Lipinski definition) is 4. The largest absolute Gasteiger partial charge is 0.384 e. The fraction of sp³-hybridized carbons (Fsp3) is 0.267.